The maximum Gasteiger partial charge on any atom is 0.198 e. The number of aryl methyl sites for hydroxylation is 1. The molecule has 1 aromatic carbocycles. The summed E-state index contributed by atoms with van der Waals surface area (Å²) in [7, 11) is -3.68. The fourth-order valence-corrected chi connectivity index (χ4v) is 6.88. The molecule has 0 unspecified atom stereocenters. The van der Waals surface area contributed by atoms with Gasteiger partial charge in [-0.1, -0.05) is 6.07 Å². The molecule has 6 rings (SSSR count). The van der Waals surface area contributed by atoms with Gasteiger partial charge < -0.3 is 5.73 Å². The number of sulfone groups is 1. The number of hydrogen-bond acceptors (Lipinski definition) is 8. The average Bonchev–Trinajstić information content (AvgIpc) is 3.48. The molecule has 3 aromatic rings. The summed E-state index contributed by atoms with van der Waals surface area (Å²) in [5.41, 5.74) is 6.03. The van der Waals surface area contributed by atoms with Gasteiger partial charge in [-0.05, 0) is 51.2 Å². The van der Waals surface area contributed by atoms with E-state index in [1.807, 2.05) is 0 Å². The molecule has 0 atom stereocenters. The van der Waals surface area contributed by atoms with Crippen LogP contribution in [0.15, 0.2) is 41.9 Å². The third kappa shape index (κ3) is 3.47. The lowest BCUT2D eigenvalue weighted by Gasteiger charge is -2.37. The summed E-state index contributed by atoms with van der Waals surface area (Å²) < 4.78 is 52.3. The Bertz CT molecular complexity index is 1370. The number of nitrogen functional groups attached to an aromatic ring is 1. The molecule has 1 saturated carbocycles. The molecular weight excluding hydrogens is 426 g/mol. The Labute approximate surface area is 191 Å². The SMILES string of the molecule is [2H]C([2H])([2H])c1ccc(S(=O)(=O)CC23CC(C2)N(C(C)C)C3)cc1-c1cnc(N)c(-n2cncn2)n1. The van der Waals surface area contributed by atoms with Crippen LogP contribution in [0.1, 0.15) is 36.4 Å². The van der Waals surface area contributed by atoms with Crippen LogP contribution < -0.4 is 5.73 Å². The van der Waals surface area contributed by atoms with Crippen molar-refractivity contribution in [3.63, 3.8) is 0 Å². The molecule has 0 amide bonds. The lowest BCUT2D eigenvalue weighted by atomic mass is 9.72. The van der Waals surface area contributed by atoms with Crippen molar-refractivity contribution in [2.24, 2.45) is 5.41 Å². The van der Waals surface area contributed by atoms with E-state index in [0.717, 1.165) is 19.4 Å². The second-order valence-corrected chi connectivity index (χ2v) is 11.1. The van der Waals surface area contributed by atoms with Gasteiger partial charge in [0.2, 0.25) is 0 Å². The normalized spacial score (nSPS) is 24.7. The highest BCUT2D eigenvalue weighted by Gasteiger charge is 2.57. The first-order chi connectivity index (χ1) is 16.4. The highest BCUT2D eigenvalue weighted by molar-refractivity contribution is 7.91. The van der Waals surface area contributed by atoms with Crippen LogP contribution in [0.4, 0.5) is 5.82 Å². The maximum atomic E-state index is 13.5. The highest BCUT2D eigenvalue weighted by atomic mass is 32.2. The maximum absolute atomic E-state index is 13.5. The number of anilines is 1. The predicted molar refractivity (Wildman–Crippen MR) is 121 cm³/mol. The van der Waals surface area contributed by atoms with Crippen LogP contribution in [-0.4, -0.2) is 62.4 Å². The molecule has 3 fully saturated rings. The van der Waals surface area contributed by atoms with E-state index in [9.17, 15) is 8.42 Å². The Morgan fingerprint density at radius 1 is 1.34 bits per heavy atom. The van der Waals surface area contributed by atoms with E-state index in [1.54, 1.807) is 0 Å². The molecule has 0 radical (unpaired) electrons. The van der Waals surface area contributed by atoms with Gasteiger partial charge in [0, 0.05) is 33.7 Å². The van der Waals surface area contributed by atoms with Crippen molar-refractivity contribution in [2.75, 3.05) is 18.0 Å². The number of fused-ring (bicyclic) bond motifs is 1. The molecule has 4 heterocycles. The van der Waals surface area contributed by atoms with Crippen molar-refractivity contribution in [1.82, 2.24) is 29.6 Å². The van der Waals surface area contributed by atoms with Crippen molar-refractivity contribution < 1.29 is 12.5 Å². The van der Waals surface area contributed by atoms with E-state index in [2.05, 4.69) is 38.8 Å². The summed E-state index contributed by atoms with van der Waals surface area (Å²) in [4.78, 5) is 14.9. The first-order valence-corrected chi connectivity index (χ1v) is 12.1. The monoisotopic (exact) mass is 456 g/mol. The predicted octanol–water partition coefficient (Wildman–Crippen LogP) is 2.26. The van der Waals surface area contributed by atoms with E-state index in [-0.39, 0.29) is 44.5 Å². The van der Waals surface area contributed by atoms with Gasteiger partial charge in [0.15, 0.2) is 21.5 Å². The average molecular weight is 457 g/mol. The second kappa shape index (κ2) is 7.35. The van der Waals surface area contributed by atoms with Crippen molar-refractivity contribution in [3.8, 4) is 17.1 Å². The smallest absolute Gasteiger partial charge is 0.198 e. The minimum Gasteiger partial charge on any atom is -0.381 e. The molecule has 32 heavy (non-hydrogen) atoms. The fourth-order valence-electron chi connectivity index (χ4n) is 5.01. The Kier molecular flexibility index (Phi) is 4.06. The van der Waals surface area contributed by atoms with Gasteiger partial charge >= 0.3 is 0 Å². The largest absolute Gasteiger partial charge is 0.381 e. The molecule has 3 aliphatic rings. The molecule has 2 aromatic heterocycles. The Morgan fingerprint density at radius 2 is 2.16 bits per heavy atom. The minimum absolute atomic E-state index is 0.0196. The van der Waals surface area contributed by atoms with Gasteiger partial charge in [0.1, 0.15) is 12.7 Å². The van der Waals surface area contributed by atoms with Crippen LogP contribution >= 0.6 is 0 Å². The number of nitrogens with two attached hydrogens (primary N) is 1. The number of nitrogens with zero attached hydrogens (tertiary/aromatic N) is 6. The van der Waals surface area contributed by atoms with Crippen LogP contribution in [0.3, 0.4) is 0 Å². The fraction of sp³-hybridized carbons (Fsp3) is 0.455. The van der Waals surface area contributed by atoms with E-state index in [4.69, 9.17) is 9.85 Å². The lowest BCUT2D eigenvalue weighted by molar-refractivity contribution is 0.178. The van der Waals surface area contributed by atoms with Crippen LogP contribution in [0.25, 0.3) is 17.1 Å². The first-order valence-electron chi connectivity index (χ1n) is 12.0. The summed E-state index contributed by atoms with van der Waals surface area (Å²) in [6.45, 7) is 2.53. The van der Waals surface area contributed by atoms with E-state index >= 15 is 0 Å². The second-order valence-electron chi connectivity index (χ2n) is 9.10. The Balaban J connectivity index is 1.54. The van der Waals surface area contributed by atoms with Gasteiger partial charge in [0.25, 0.3) is 0 Å². The summed E-state index contributed by atoms with van der Waals surface area (Å²) in [5, 5.41) is 4.01. The van der Waals surface area contributed by atoms with Gasteiger partial charge in [-0.2, -0.15) is 9.78 Å². The zero-order chi connectivity index (χ0) is 25.2. The van der Waals surface area contributed by atoms with Crippen molar-refractivity contribution >= 4 is 15.7 Å². The summed E-state index contributed by atoms with van der Waals surface area (Å²) in [5.74, 6) is 0.279. The number of aromatic nitrogens is 5. The molecule has 9 nitrogen and oxygen atoms in total. The van der Waals surface area contributed by atoms with Gasteiger partial charge in [-0.3, -0.25) is 4.90 Å². The quantitative estimate of drug-likeness (QED) is 0.600. The van der Waals surface area contributed by atoms with E-state index < -0.39 is 16.7 Å². The summed E-state index contributed by atoms with van der Waals surface area (Å²) >= 11 is 0. The van der Waals surface area contributed by atoms with E-state index in [1.165, 1.54) is 41.7 Å². The molecule has 2 N–H and O–H groups in total. The Morgan fingerprint density at radius 3 is 2.81 bits per heavy atom. The van der Waals surface area contributed by atoms with Gasteiger partial charge in [-0.15, -0.1) is 0 Å². The molecule has 2 saturated heterocycles. The Hall–Kier alpha value is -2.85. The highest BCUT2D eigenvalue weighted by Crippen LogP contribution is 2.53. The van der Waals surface area contributed by atoms with Crippen molar-refractivity contribution in [1.29, 1.82) is 0 Å². The molecule has 1 aliphatic carbocycles. The minimum atomic E-state index is -3.68. The summed E-state index contributed by atoms with van der Waals surface area (Å²) in [6, 6.07) is 4.94. The van der Waals surface area contributed by atoms with Gasteiger partial charge in [0.05, 0.1) is 22.5 Å². The van der Waals surface area contributed by atoms with Crippen LogP contribution in [-0.2, 0) is 9.84 Å². The van der Waals surface area contributed by atoms with Crippen LogP contribution in [0.5, 0.6) is 0 Å². The molecular formula is C22H27N7O2S. The zero-order valence-corrected chi connectivity index (χ0v) is 18.7. The standard InChI is InChI=1S/C22H27N7O2S/c1-14(2)28-10-22(7-16(28)8-22)11-32(30,31)17-5-4-15(3)18(6-17)19-9-25-20(23)21(27-19)29-13-24-12-26-29/h4-6,9,12-14,16H,7-8,10-11H2,1-3H3,(H2,23,25)/i3D3. The van der Waals surface area contributed by atoms with Crippen molar-refractivity contribution in [2.45, 2.75) is 50.5 Å². The number of benzene rings is 1. The number of rotatable bonds is 6. The first kappa shape index (κ1) is 17.7. The molecule has 0 spiro atoms. The number of hydrogen-bond donors (Lipinski definition) is 1. The third-order valence-electron chi connectivity index (χ3n) is 6.53. The molecule has 2 aliphatic heterocycles. The zero-order valence-electron chi connectivity index (χ0n) is 20.9. The molecule has 168 valence electrons. The topological polar surface area (TPSA) is 120 Å². The third-order valence-corrected chi connectivity index (χ3v) is 8.49. The van der Waals surface area contributed by atoms with Crippen LogP contribution in [0.2, 0.25) is 0 Å². The lowest BCUT2D eigenvalue weighted by Crippen LogP contribution is -2.40. The molecule has 10 heteroatoms. The van der Waals surface area contributed by atoms with Crippen molar-refractivity contribution in [3.05, 3.63) is 42.6 Å². The molecule has 2 bridgehead atoms. The van der Waals surface area contributed by atoms with Crippen LogP contribution in [0, 0.1) is 12.3 Å². The summed E-state index contributed by atoms with van der Waals surface area (Å²) in [6.07, 6.45) is 5.78. The van der Waals surface area contributed by atoms with Gasteiger partial charge in [-0.25, -0.2) is 23.4 Å². The van der Waals surface area contributed by atoms with E-state index in [0.29, 0.717) is 12.1 Å².